The number of amides is 1. The lowest BCUT2D eigenvalue weighted by molar-refractivity contribution is -0.115. The van der Waals surface area contributed by atoms with Crippen LogP contribution in [0.1, 0.15) is 5.56 Å². The molecule has 7 heteroatoms. The Bertz CT molecular complexity index is 870. The zero-order valence-electron chi connectivity index (χ0n) is 13.0. The minimum Gasteiger partial charge on any atom is -0.339 e. The normalized spacial score (nSPS) is 10.3. The van der Waals surface area contributed by atoms with Gasteiger partial charge in [-0.25, -0.2) is 0 Å². The lowest BCUT2D eigenvalue weighted by atomic mass is 10.1. The Balaban J connectivity index is 1.60. The fourth-order valence-corrected chi connectivity index (χ4v) is 2.45. The van der Waals surface area contributed by atoms with Crippen LogP contribution in [0.15, 0.2) is 60.7 Å². The average molecular weight is 373 g/mol. The first-order valence-electron chi connectivity index (χ1n) is 7.50. The third-order valence-electron chi connectivity index (χ3n) is 3.33. The van der Waals surface area contributed by atoms with Crippen molar-refractivity contribution in [3.05, 3.63) is 76.3 Å². The molecule has 0 saturated heterocycles. The molecule has 0 spiro atoms. The number of hydrogen-bond donors (Lipinski definition) is 2. The SMILES string of the molecule is O=C(Cc1ccccc1)Nc1ccc(Nc2ccc(Cl)c(Cl)c2)nn1. The molecule has 0 radical (unpaired) electrons. The molecule has 1 amide bonds. The minimum atomic E-state index is -0.148. The highest BCUT2D eigenvalue weighted by atomic mass is 35.5. The van der Waals surface area contributed by atoms with Gasteiger partial charge in [0.2, 0.25) is 5.91 Å². The first kappa shape index (κ1) is 17.2. The van der Waals surface area contributed by atoms with Gasteiger partial charge in [-0.3, -0.25) is 4.79 Å². The summed E-state index contributed by atoms with van der Waals surface area (Å²) in [4.78, 5) is 12.0. The van der Waals surface area contributed by atoms with Crippen LogP contribution in [0, 0.1) is 0 Å². The third-order valence-corrected chi connectivity index (χ3v) is 4.07. The minimum absolute atomic E-state index is 0.148. The number of hydrogen-bond acceptors (Lipinski definition) is 4. The molecular weight excluding hydrogens is 359 g/mol. The highest BCUT2D eigenvalue weighted by Crippen LogP contribution is 2.26. The van der Waals surface area contributed by atoms with Crippen LogP contribution >= 0.6 is 23.2 Å². The van der Waals surface area contributed by atoms with Crippen molar-refractivity contribution in [2.45, 2.75) is 6.42 Å². The van der Waals surface area contributed by atoms with E-state index >= 15 is 0 Å². The van der Waals surface area contributed by atoms with Crippen molar-refractivity contribution in [1.29, 1.82) is 0 Å². The number of nitrogens with one attached hydrogen (secondary N) is 2. The molecule has 5 nitrogen and oxygen atoms in total. The molecule has 0 fully saturated rings. The van der Waals surface area contributed by atoms with Crippen LogP contribution in [0.25, 0.3) is 0 Å². The standard InChI is InChI=1S/C18H14Cl2N4O/c19-14-7-6-13(11-15(14)20)21-16-8-9-17(24-23-16)22-18(25)10-12-4-2-1-3-5-12/h1-9,11H,10H2,(H,21,23)(H,22,24,25). The molecule has 3 aromatic rings. The van der Waals surface area contributed by atoms with Crippen LogP contribution in [0.2, 0.25) is 10.0 Å². The molecule has 1 aromatic heterocycles. The van der Waals surface area contributed by atoms with Crippen molar-refractivity contribution in [2.75, 3.05) is 10.6 Å². The van der Waals surface area contributed by atoms with Crippen LogP contribution in [0.3, 0.4) is 0 Å². The van der Waals surface area contributed by atoms with Crippen LogP contribution < -0.4 is 10.6 Å². The van der Waals surface area contributed by atoms with Gasteiger partial charge in [0.1, 0.15) is 0 Å². The molecule has 0 aliphatic heterocycles. The Morgan fingerprint density at radius 3 is 2.28 bits per heavy atom. The van der Waals surface area contributed by atoms with Gasteiger partial charge in [0.05, 0.1) is 16.5 Å². The van der Waals surface area contributed by atoms with E-state index in [9.17, 15) is 4.79 Å². The molecule has 0 bridgehead atoms. The van der Waals surface area contributed by atoms with Gasteiger partial charge in [0, 0.05) is 5.69 Å². The maximum atomic E-state index is 12.0. The number of halogens is 2. The molecule has 0 aliphatic rings. The van der Waals surface area contributed by atoms with Gasteiger partial charge in [-0.1, -0.05) is 53.5 Å². The second kappa shape index (κ2) is 7.96. The monoisotopic (exact) mass is 372 g/mol. The second-order valence-electron chi connectivity index (χ2n) is 5.27. The first-order chi connectivity index (χ1) is 12.1. The molecule has 126 valence electrons. The molecule has 2 aromatic carbocycles. The van der Waals surface area contributed by atoms with Gasteiger partial charge in [-0.2, -0.15) is 0 Å². The van der Waals surface area contributed by atoms with Crippen molar-refractivity contribution >= 4 is 46.4 Å². The van der Waals surface area contributed by atoms with Crippen LogP contribution in [0.5, 0.6) is 0 Å². The molecule has 0 saturated carbocycles. The molecule has 3 rings (SSSR count). The van der Waals surface area contributed by atoms with Crippen LogP contribution in [-0.4, -0.2) is 16.1 Å². The summed E-state index contributed by atoms with van der Waals surface area (Å²) in [6.07, 6.45) is 0.284. The Hall–Kier alpha value is -2.63. The van der Waals surface area contributed by atoms with E-state index in [0.717, 1.165) is 11.3 Å². The van der Waals surface area contributed by atoms with E-state index in [1.807, 2.05) is 30.3 Å². The maximum absolute atomic E-state index is 12.0. The fourth-order valence-electron chi connectivity index (χ4n) is 2.16. The zero-order chi connectivity index (χ0) is 17.6. The summed E-state index contributed by atoms with van der Waals surface area (Å²) in [5, 5.41) is 14.7. The van der Waals surface area contributed by atoms with E-state index in [4.69, 9.17) is 23.2 Å². The molecule has 0 unspecified atom stereocenters. The van der Waals surface area contributed by atoms with E-state index in [-0.39, 0.29) is 12.3 Å². The third kappa shape index (κ3) is 4.92. The maximum Gasteiger partial charge on any atom is 0.229 e. The largest absolute Gasteiger partial charge is 0.339 e. The van der Waals surface area contributed by atoms with E-state index < -0.39 is 0 Å². The first-order valence-corrected chi connectivity index (χ1v) is 8.25. The Morgan fingerprint density at radius 1 is 0.880 bits per heavy atom. The van der Waals surface area contributed by atoms with Crippen molar-refractivity contribution in [3.63, 3.8) is 0 Å². The predicted molar refractivity (Wildman–Crippen MR) is 101 cm³/mol. The number of nitrogens with zero attached hydrogens (tertiary/aromatic N) is 2. The van der Waals surface area contributed by atoms with Crippen molar-refractivity contribution < 1.29 is 4.79 Å². The highest BCUT2D eigenvalue weighted by molar-refractivity contribution is 6.42. The number of carbonyl (C=O) groups is 1. The van der Waals surface area contributed by atoms with E-state index in [0.29, 0.717) is 21.7 Å². The smallest absolute Gasteiger partial charge is 0.229 e. The summed E-state index contributed by atoms with van der Waals surface area (Å²) >= 11 is 11.9. The number of aromatic nitrogens is 2. The molecule has 0 aliphatic carbocycles. The molecule has 1 heterocycles. The van der Waals surface area contributed by atoms with Gasteiger partial charge >= 0.3 is 0 Å². The van der Waals surface area contributed by atoms with Gasteiger partial charge in [0.15, 0.2) is 11.6 Å². The second-order valence-corrected chi connectivity index (χ2v) is 6.08. The summed E-state index contributed by atoms with van der Waals surface area (Å²) < 4.78 is 0. The van der Waals surface area contributed by atoms with E-state index in [1.165, 1.54) is 0 Å². The summed E-state index contributed by atoms with van der Waals surface area (Å²) in [6.45, 7) is 0. The highest BCUT2D eigenvalue weighted by Gasteiger charge is 2.06. The molecular formula is C18H14Cl2N4O. The molecule has 0 atom stereocenters. The van der Waals surface area contributed by atoms with Crippen LogP contribution in [-0.2, 0) is 11.2 Å². The van der Waals surface area contributed by atoms with Crippen molar-refractivity contribution in [3.8, 4) is 0 Å². The topological polar surface area (TPSA) is 66.9 Å². The lowest BCUT2D eigenvalue weighted by Crippen LogP contribution is -2.15. The summed E-state index contributed by atoms with van der Waals surface area (Å²) in [5.41, 5.74) is 1.68. The number of carbonyl (C=O) groups excluding carboxylic acids is 1. The zero-order valence-corrected chi connectivity index (χ0v) is 14.6. The Labute approximate surface area is 155 Å². The quantitative estimate of drug-likeness (QED) is 0.680. The van der Waals surface area contributed by atoms with Crippen molar-refractivity contribution in [1.82, 2.24) is 10.2 Å². The molecule has 2 N–H and O–H groups in total. The van der Waals surface area contributed by atoms with Crippen LogP contribution in [0.4, 0.5) is 17.3 Å². The summed E-state index contributed by atoms with van der Waals surface area (Å²) in [6, 6.07) is 18.1. The van der Waals surface area contributed by atoms with Gasteiger partial charge < -0.3 is 10.6 Å². The Kier molecular flexibility index (Phi) is 5.48. The summed E-state index contributed by atoms with van der Waals surface area (Å²) in [7, 11) is 0. The van der Waals surface area contributed by atoms with E-state index in [1.54, 1.807) is 30.3 Å². The fraction of sp³-hybridized carbons (Fsp3) is 0.0556. The lowest BCUT2D eigenvalue weighted by Gasteiger charge is -2.07. The average Bonchev–Trinajstić information content (AvgIpc) is 2.61. The number of benzene rings is 2. The van der Waals surface area contributed by atoms with Gasteiger partial charge in [0.25, 0.3) is 0 Å². The predicted octanol–water partition coefficient (Wildman–Crippen LogP) is 4.71. The van der Waals surface area contributed by atoms with Gasteiger partial charge in [-0.15, -0.1) is 10.2 Å². The van der Waals surface area contributed by atoms with Crippen molar-refractivity contribution in [2.24, 2.45) is 0 Å². The Morgan fingerprint density at radius 2 is 1.60 bits per heavy atom. The number of rotatable bonds is 5. The molecule has 25 heavy (non-hydrogen) atoms. The van der Waals surface area contributed by atoms with E-state index in [2.05, 4.69) is 20.8 Å². The number of anilines is 3. The van der Waals surface area contributed by atoms with Gasteiger partial charge in [-0.05, 0) is 35.9 Å². The summed E-state index contributed by atoms with van der Waals surface area (Å²) in [5.74, 6) is 0.769.